The standard InChI is InChI=1S/C14H16F2N2OS/c1-2-3-8-17-14-18-11(9-20-14)10-6-4-5-7-12(10)19-13(15)16/h4-7,9,13H,2-3,8H2,1H3,(H,17,18). The van der Waals surface area contributed by atoms with Gasteiger partial charge in [-0.2, -0.15) is 8.78 Å². The van der Waals surface area contributed by atoms with Crippen LogP contribution in [0.4, 0.5) is 13.9 Å². The summed E-state index contributed by atoms with van der Waals surface area (Å²) in [4.78, 5) is 4.40. The number of para-hydroxylation sites is 1. The Morgan fingerprint density at radius 3 is 2.90 bits per heavy atom. The molecule has 3 nitrogen and oxygen atoms in total. The van der Waals surface area contributed by atoms with Gasteiger partial charge < -0.3 is 10.1 Å². The van der Waals surface area contributed by atoms with Crippen LogP contribution in [0.5, 0.6) is 5.75 Å². The number of halogens is 2. The minimum Gasteiger partial charge on any atom is -0.434 e. The first kappa shape index (κ1) is 14.7. The first-order valence-corrected chi connectivity index (χ1v) is 7.32. The van der Waals surface area contributed by atoms with Gasteiger partial charge in [-0.05, 0) is 18.6 Å². The maximum Gasteiger partial charge on any atom is 0.387 e. The first-order valence-electron chi connectivity index (χ1n) is 6.44. The van der Waals surface area contributed by atoms with Crippen molar-refractivity contribution < 1.29 is 13.5 Å². The number of unbranched alkanes of at least 4 members (excludes halogenated alkanes) is 1. The molecule has 108 valence electrons. The van der Waals surface area contributed by atoms with E-state index in [1.54, 1.807) is 18.2 Å². The van der Waals surface area contributed by atoms with Gasteiger partial charge in [0.05, 0.1) is 5.69 Å². The molecule has 2 aromatic rings. The van der Waals surface area contributed by atoms with Crippen LogP contribution in [0.3, 0.4) is 0 Å². The van der Waals surface area contributed by atoms with E-state index in [1.165, 1.54) is 17.4 Å². The van der Waals surface area contributed by atoms with E-state index in [0.29, 0.717) is 11.3 Å². The van der Waals surface area contributed by atoms with Crippen LogP contribution in [0.1, 0.15) is 19.8 Å². The highest BCUT2D eigenvalue weighted by Gasteiger charge is 2.13. The van der Waals surface area contributed by atoms with E-state index in [2.05, 4.69) is 22.0 Å². The Bertz CT molecular complexity index is 545. The van der Waals surface area contributed by atoms with Crippen molar-refractivity contribution in [2.75, 3.05) is 11.9 Å². The molecule has 0 saturated carbocycles. The Balaban J connectivity index is 2.15. The van der Waals surface area contributed by atoms with Crippen LogP contribution in [0.2, 0.25) is 0 Å². The van der Waals surface area contributed by atoms with Crippen molar-refractivity contribution in [3.63, 3.8) is 0 Å². The number of aromatic nitrogens is 1. The highest BCUT2D eigenvalue weighted by molar-refractivity contribution is 7.14. The zero-order chi connectivity index (χ0) is 14.4. The second kappa shape index (κ2) is 7.19. The molecule has 1 aromatic carbocycles. The van der Waals surface area contributed by atoms with Crippen LogP contribution in [-0.2, 0) is 0 Å². The molecular formula is C14H16F2N2OS. The van der Waals surface area contributed by atoms with E-state index >= 15 is 0 Å². The third kappa shape index (κ3) is 3.90. The third-order valence-corrected chi connectivity index (χ3v) is 3.49. The van der Waals surface area contributed by atoms with Crippen molar-refractivity contribution in [1.82, 2.24) is 4.98 Å². The van der Waals surface area contributed by atoms with E-state index < -0.39 is 6.61 Å². The summed E-state index contributed by atoms with van der Waals surface area (Å²) < 4.78 is 29.3. The van der Waals surface area contributed by atoms with Crippen molar-refractivity contribution in [3.05, 3.63) is 29.6 Å². The fourth-order valence-electron chi connectivity index (χ4n) is 1.73. The van der Waals surface area contributed by atoms with Crippen LogP contribution < -0.4 is 10.1 Å². The summed E-state index contributed by atoms with van der Waals surface area (Å²) in [5, 5.41) is 5.84. The van der Waals surface area contributed by atoms with Gasteiger partial charge in [-0.3, -0.25) is 0 Å². The van der Waals surface area contributed by atoms with E-state index in [0.717, 1.165) is 24.5 Å². The largest absolute Gasteiger partial charge is 0.434 e. The van der Waals surface area contributed by atoms with E-state index in [4.69, 9.17) is 0 Å². The number of nitrogens with one attached hydrogen (secondary N) is 1. The zero-order valence-electron chi connectivity index (χ0n) is 11.1. The Morgan fingerprint density at radius 1 is 1.35 bits per heavy atom. The van der Waals surface area contributed by atoms with Gasteiger partial charge in [-0.25, -0.2) is 4.98 Å². The molecule has 0 spiro atoms. The molecule has 0 aliphatic carbocycles. The first-order chi connectivity index (χ1) is 9.70. The van der Waals surface area contributed by atoms with E-state index in [9.17, 15) is 8.78 Å². The molecule has 0 atom stereocenters. The highest BCUT2D eigenvalue weighted by Crippen LogP contribution is 2.32. The molecule has 0 aliphatic heterocycles. The molecule has 0 fully saturated rings. The molecule has 0 amide bonds. The maximum atomic E-state index is 12.4. The molecule has 1 aromatic heterocycles. The van der Waals surface area contributed by atoms with Crippen LogP contribution in [0.25, 0.3) is 11.3 Å². The monoisotopic (exact) mass is 298 g/mol. The second-order valence-electron chi connectivity index (χ2n) is 4.19. The average Bonchev–Trinajstić information content (AvgIpc) is 2.88. The Morgan fingerprint density at radius 2 is 2.15 bits per heavy atom. The summed E-state index contributed by atoms with van der Waals surface area (Å²) in [6.45, 7) is 0.142. The lowest BCUT2D eigenvalue weighted by atomic mass is 10.1. The topological polar surface area (TPSA) is 34.2 Å². The number of hydrogen-bond donors (Lipinski definition) is 1. The van der Waals surface area contributed by atoms with Crippen LogP contribution >= 0.6 is 11.3 Å². The van der Waals surface area contributed by atoms with Crippen molar-refractivity contribution in [2.45, 2.75) is 26.4 Å². The number of nitrogens with zero attached hydrogens (tertiary/aromatic N) is 1. The fourth-order valence-corrected chi connectivity index (χ4v) is 2.47. The summed E-state index contributed by atoms with van der Waals surface area (Å²) in [5.74, 6) is 0.146. The summed E-state index contributed by atoms with van der Waals surface area (Å²) in [7, 11) is 0. The lowest BCUT2D eigenvalue weighted by Crippen LogP contribution is -2.03. The fraction of sp³-hybridized carbons (Fsp3) is 0.357. The second-order valence-corrected chi connectivity index (χ2v) is 5.05. The normalized spacial score (nSPS) is 10.8. The molecule has 0 radical (unpaired) electrons. The van der Waals surface area contributed by atoms with Crippen molar-refractivity contribution in [1.29, 1.82) is 0 Å². The highest BCUT2D eigenvalue weighted by atomic mass is 32.1. The van der Waals surface area contributed by atoms with Gasteiger partial charge in [-0.1, -0.05) is 25.5 Å². The van der Waals surface area contributed by atoms with Crippen molar-refractivity contribution in [3.8, 4) is 17.0 Å². The molecule has 1 N–H and O–H groups in total. The van der Waals surface area contributed by atoms with Crippen LogP contribution in [0, 0.1) is 0 Å². The van der Waals surface area contributed by atoms with E-state index in [-0.39, 0.29) is 5.75 Å². The van der Waals surface area contributed by atoms with Crippen molar-refractivity contribution in [2.24, 2.45) is 0 Å². The smallest absolute Gasteiger partial charge is 0.387 e. The molecule has 0 saturated heterocycles. The lowest BCUT2D eigenvalue weighted by Gasteiger charge is -2.08. The minimum absolute atomic E-state index is 0.146. The molecule has 6 heteroatoms. The zero-order valence-corrected chi connectivity index (χ0v) is 11.9. The van der Waals surface area contributed by atoms with Gasteiger partial charge >= 0.3 is 6.61 Å². The molecule has 0 bridgehead atoms. The number of benzene rings is 1. The van der Waals surface area contributed by atoms with Crippen molar-refractivity contribution >= 4 is 16.5 Å². The maximum absolute atomic E-state index is 12.4. The van der Waals surface area contributed by atoms with Gasteiger partial charge in [0.15, 0.2) is 5.13 Å². The van der Waals surface area contributed by atoms with Gasteiger partial charge in [-0.15, -0.1) is 11.3 Å². The molecule has 2 rings (SSSR count). The number of anilines is 1. The van der Waals surface area contributed by atoms with Crippen LogP contribution in [-0.4, -0.2) is 18.1 Å². The molecular weight excluding hydrogens is 282 g/mol. The molecule has 0 aliphatic rings. The number of ether oxygens (including phenoxy) is 1. The molecule has 20 heavy (non-hydrogen) atoms. The Labute approximate surface area is 120 Å². The summed E-state index contributed by atoms with van der Waals surface area (Å²) >= 11 is 1.46. The molecule has 1 heterocycles. The predicted octanol–water partition coefficient (Wildman–Crippen LogP) is 4.62. The number of rotatable bonds is 7. The van der Waals surface area contributed by atoms with Gasteiger partial charge in [0.1, 0.15) is 5.75 Å². The van der Waals surface area contributed by atoms with Gasteiger partial charge in [0.2, 0.25) is 0 Å². The summed E-state index contributed by atoms with van der Waals surface area (Å²) in [6.07, 6.45) is 2.18. The quantitative estimate of drug-likeness (QED) is 0.757. The predicted molar refractivity (Wildman–Crippen MR) is 77.6 cm³/mol. The lowest BCUT2D eigenvalue weighted by molar-refractivity contribution is -0.0494. The summed E-state index contributed by atoms with van der Waals surface area (Å²) in [5.41, 5.74) is 1.22. The Hall–Kier alpha value is -1.69. The van der Waals surface area contributed by atoms with Gasteiger partial charge in [0.25, 0.3) is 0 Å². The third-order valence-electron chi connectivity index (χ3n) is 2.69. The SMILES string of the molecule is CCCCNc1nc(-c2ccccc2OC(F)F)cs1. The van der Waals surface area contributed by atoms with Gasteiger partial charge in [0, 0.05) is 17.5 Å². The minimum atomic E-state index is -2.84. The Kier molecular flexibility index (Phi) is 5.29. The van der Waals surface area contributed by atoms with Crippen LogP contribution in [0.15, 0.2) is 29.6 Å². The summed E-state index contributed by atoms with van der Waals surface area (Å²) in [6, 6.07) is 6.68. The van der Waals surface area contributed by atoms with E-state index in [1.807, 2.05) is 5.38 Å². The number of thiazole rings is 1. The molecule has 0 unspecified atom stereocenters. The number of hydrogen-bond acceptors (Lipinski definition) is 4. The average molecular weight is 298 g/mol. The number of alkyl halides is 2.